The SMILES string of the molecule is CC(C)C1CCC(CN2Cc3ccc(OCc4ccccc4)c(F)c3C2=O)CC1. The third-order valence-corrected chi connectivity index (χ3v) is 6.61. The lowest BCUT2D eigenvalue weighted by Crippen LogP contribution is -2.32. The van der Waals surface area contributed by atoms with Gasteiger partial charge < -0.3 is 9.64 Å². The van der Waals surface area contributed by atoms with Gasteiger partial charge in [0.1, 0.15) is 6.61 Å². The number of benzene rings is 2. The molecule has 0 N–H and O–H groups in total. The second-order valence-corrected chi connectivity index (χ2v) is 8.90. The first-order chi connectivity index (χ1) is 14.0. The Morgan fingerprint density at radius 2 is 1.79 bits per heavy atom. The number of amides is 1. The number of carbonyl (C=O) groups is 1. The standard InChI is InChI=1S/C25H30FNO2/c1-17(2)20-10-8-18(9-11-20)14-27-15-21-12-13-22(24(26)23(21)25(27)28)29-16-19-6-4-3-5-7-19/h3-7,12-13,17-18,20H,8-11,14-16H2,1-2H3. The van der Waals surface area contributed by atoms with Crippen LogP contribution in [0.25, 0.3) is 0 Å². The van der Waals surface area contributed by atoms with Gasteiger partial charge in [0.2, 0.25) is 0 Å². The maximum absolute atomic E-state index is 15.0. The van der Waals surface area contributed by atoms with Crippen LogP contribution in [0.2, 0.25) is 0 Å². The van der Waals surface area contributed by atoms with Gasteiger partial charge in [0.25, 0.3) is 5.91 Å². The average Bonchev–Trinajstić information content (AvgIpc) is 3.05. The summed E-state index contributed by atoms with van der Waals surface area (Å²) in [6.45, 7) is 6.12. The number of fused-ring (bicyclic) bond motifs is 1. The van der Waals surface area contributed by atoms with E-state index < -0.39 is 5.82 Å². The van der Waals surface area contributed by atoms with Crippen LogP contribution in [0, 0.1) is 23.6 Å². The molecule has 4 heteroatoms. The van der Waals surface area contributed by atoms with Crippen molar-refractivity contribution < 1.29 is 13.9 Å². The van der Waals surface area contributed by atoms with Gasteiger partial charge in [-0.3, -0.25) is 4.79 Å². The van der Waals surface area contributed by atoms with Crippen LogP contribution in [0.3, 0.4) is 0 Å². The summed E-state index contributed by atoms with van der Waals surface area (Å²) in [6.07, 6.45) is 4.81. The zero-order valence-corrected chi connectivity index (χ0v) is 17.4. The topological polar surface area (TPSA) is 29.5 Å². The summed E-state index contributed by atoms with van der Waals surface area (Å²) in [7, 11) is 0. The highest BCUT2D eigenvalue weighted by Crippen LogP contribution is 2.36. The molecule has 2 aromatic carbocycles. The quantitative estimate of drug-likeness (QED) is 0.616. The molecule has 0 aromatic heterocycles. The van der Waals surface area contributed by atoms with Gasteiger partial charge in [-0.05, 0) is 60.6 Å². The molecule has 0 atom stereocenters. The van der Waals surface area contributed by atoms with Gasteiger partial charge >= 0.3 is 0 Å². The molecule has 0 radical (unpaired) electrons. The van der Waals surface area contributed by atoms with Crippen molar-refractivity contribution in [2.24, 2.45) is 17.8 Å². The molecule has 2 aromatic rings. The van der Waals surface area contributed by atoms with Crippen LogP contribution in [-0.4, -0.2) is 17.4 Å². The molecule has 4 rings (SSSR count). The van der Waals surface area contributed by atoms with E-state index in [1.54, 1.807) is 6.07 Å². The van der Waals surface area contributed by atoms with Crippen LogP contribution in [0.1, 0.15) is 61.0 Å². The number of nitrogens with zero attached hydrogens (tertiary/aromatic N) is 1. The molecular weight excluding hydrogens is 365 g/mol. The maximum Gasteiger partial charge on any atom is 0.257 e. The first-order valence-corrected chi connectivity index (χ1v) is 10.8. The minimum Gasteiger partial charge on any atom is -0.486 e. The predicted octanol–water partition coefficient (Wildman–Crippen LogP) is 5.82. The van der Waals surface area contributed by atoms with Crippen LogP contribution >= 0.6 is 0 Å². The van der Waals surface area contributed by atoms with Gasteiger partial charge in [0.05, 0.1) is 5.56 Å². The summed E-state index contributed by atoms with van der Waals surface area (Å²) in [5, 5.41) is 0. The molecule has 3 nitrogen and oxygen atoms in total. The van der Waals surface area contributed by atoms with E-state index in [9.17, 15) is 4.79 Å². The van der Waals surface area contributed by atoms with Crippen molar-refractivity contribution in [2.45, 2.75) is 52.7 Å². The fraction of sp³-hybridized carbons (Fsp3) is 0.480. The lowest BCUT2D eigenvalue weighted by Gasteiger charge is -2.33. The summed E-state index contributed by atoms with van der Waals surface area (Å²) >= 11 is 0. The van der Waals surface area contributed by atoms with E-state index in [0.717, 1.165) is 42.3 Å². The number of carbonyl (C=O) groups excluding carboxylic acids is 1. The van der Waals surface area contributed by atoms with Crippen LogP contribution in [0.15, 0.2) is 42.5 Å². The average molecular weight is 396 g/mol. The van der Waals surface area contributed by atoms with Crippen molar-refractivity contribution in [3.63, 3.8) is 0 Å². The van der Waals surface area contributed by atoms with E-state index in [2.05, 4.69) is 13.8 Å². The molecular formula is C25H30FNO2. The second kappa shape index (κ2) is 8.56. The van der Waals surface area contributed by atoms with Crippen LogP contribution in [0.4, 0.5) is 4.39 Å². The Morgan fingerprint density at radius 3 is 2.48 bits per heavy atom. The molecule has 1 aliphatic heterocycles. The third-order valence-electron chi connectivity index (χ3n) is 6.61. The molecule has 1 amide bonds. The molecule has 0 unspecified atom stereocenters. The Morgan fingerprint density at radius 1 is 1.07 bits per heavy atom. The van der Waals surface area contributed by atoms with Crippen molar-refractivity contribution >= 4 is 5.91 Å². The van der Waals surface area contributed by atoms with Gasteiger partial charge in [-0.2, -0.15) is 0 Å². The zero-order chi connectivity index (χ0) is 20.4. The van der Waals surface area contributed by atoms with E-state index in [1.807, 2.05) is 41.3 Å². The van der Waals surface area contributed by atoms with Gasteiger partial charge in [0, 0.05) is 13.1 Å². The highest BCUT2D eigenvalue weighted by Gasteiger charge is 2.34. The van der Waals surface area contributed by atoms with Gasteiger partial charge in [-0.1, -0.05) is 50.2 Å². The normalized spacial score (nSPS) is 21.5. The van der Waals surface area contributed by atoms with Crippen molar-refractivity contribution in [2.75, 3.05) is 6.54 Å². The molecule has 1 fully saturated rings. The summed E-state index contributed by atoms with van der Waals surface area (Å²) in [6, 6.07) is 13.1. The molecule has 154 valence electrons. The van der Waals surface area contributed by atoms with Crippen molar-refractivity contribution in [1.29, 1.82) is 0 Å². The fourth-order valence-corrected chi connectivity index (χ4v) is 4.74. The number of hydrogen-bond donors (Lipinski definition) is 0. The first-order valence-electron chi connectivity index (χ1n) is 10.8. The van der Waals surface area contributed by atoms with Crippen LogP contribution < -0.4 is 4.74 Å². The Labute approximate surface area is 172 Å². The predicted molar refractivity (Wildman–Crippen MR) is 112 cm³/mol. The van der Waals surface area contributed by atoms with Crippen LogP contribution in [0.5, 0.6) is 5.75 Å². The molecule has 1 saturated carbocycles. The number of hydrogen-bond acceptors (Lipinski definition) is 2. The zero-order valence-electron chi connectivity index (χ0n) is 17.4. The summed E-state index contributed by atoms with van der Waals surface area (Å²) in [5.41, 5.74) is 1.94. The van der Waals surface area contributed by atoms with E-state index >= 15 is 4.39 Å². The molecule has 0 spiro atoms. The number of rotatable bonds is 6. The summed E-state index contributed by atoms with van der Waals surface area (Å²) in [4.78, 5) is 14.7. The Bertz CT molecular complexity index is 857. The van der Waals surface area contributed by atoms with E-state index in [0.29, 0.717) is 12.5 Å². The van der Waals surface area contributed by atoms with Crippen LogP contribution in [-0.2, 0) is 13.2 Å². The Hall–Kier alpha value is -2.36. The number of halogens is 1. The molecule has 29 heavy (non-hydrogen) atoms. The van der Waals surface area contributed by atoms with Crippen molar-refractivity contribution in [1.82, 2.24) is 4.90 Å². The molecule has 0 bridgehead atoms. The van der Waals surface area contributed by atoms with Crippen molar-refractivity contribution in [3.05, 3.63) is 65.0 Å². The van der Waals surface area contributed by atoms with Gasteiger partial charge in [-0.15, -0.1) is 0 Å². The van der Waals surface area contributed by atoms with E-state index in [1.165, 1.54) is 12.8 Å². The number of ether oxygens (including phenoxy) is 1. The highest BCUT2D eigenvalue weighted by molar-refractivity contribution is 5.99. The fourth-order valence-electron chi connectivity index (χ4n) is 4.74. The molecule has 1 heterocycles. The minimum atomic E-state index is -0.519. The Balaban J connectivity index is 1.40. The van der Waals surface area contributed by atoms with Gasteiger partial charge in [0.15, 0.2) is 11.6 Å². The molecule has 2 aliphatic rings. The van der Waals surface area contributed by atoms with E-state index in [4.69, 9.17) is 4.74 Å². The first kappa shape index (κ1) is 19.9. The molecule has 0 saturated heterocycles. The van der Waals surface area contributed by atoms with Gasteiger partial charge in [-0.25, -0.2) is 4.39 Å². The third kappa shape index (κ3) is 4.31. The summed E-state index contributed by atoms with van der Waals surface area (Å²) < 4.78 is 20.7. The van der Waals surface area contributed by atoms with E-state index in [-0.39, 0.29) is 23.8 Å². The largest absolute Gasteiger partial charge is 0.486 e. The summed E-state index contributed by atoms with van der Waals surface area (Å²) in [5.74, 6) is 1.51. The smallest absolute Gasteiger partial charge is 0.257 e. The lowest BCUT2D eigenvalue weighted by atomic mass is 9.77. The van der Waals surface area contributed by atoms with Crippen molar-refractivity contribution in [3.8, 4) is 5.75 Å². The monoisotopic (exact) mass is 395 g/mol. The maximum atomic E-state index is 15.0. The lowest BCUT2D eigenvalue weighted by molar-refractivity contribution is 0.0719. The second-order valence-electron chi connectivity index (χ2n) is 8.90. The minimum absolute atomic E-state index is 0.153. The Kier molecular flexibility index (Phi) is 5.89. The molecule has 1 aliphatic carbocycles. The highest BCUT2D eigenvalue weighted by atomic mass is 19.1.